The molecule has 0 N–H and O–H groups in total. The lowest BCUT2D eigenvalue weighted by Gasteiger charge is -2.07. The second-order valence-corrected chi connectivity index (χ2v) is 3.17. The second kappa shape index (κ2) is 4.90. The third-order valence-electron chi connectivity index (χ3n) is 1.88. The van der Waals surface area contributed by atoms with Gasteiger partial charge in [-0.2, -0.15) is 0 Å². The highest BCUT2D eigenvalue weighted by atomic mass is 16.5. The molecular formula is C12H17O. The van der Waals surface area contributed by atoms with Crippen LogP contribution < -0.4 is 4.74 Å². The Morgan fingerprint density at radius 1 is 1.23 bits per heavy atom. The van der Waals surface area contributed by atoms with Gasteiger partial charge in [-0.25, -0.2) is 0 Å². The van der Waals surface area contributed by atoms with Gasteiger partial charge in [-0.3, -0.25) is 0 Å². The molecule has 1 aromatic rings. The number of benzene rings is 1. The van der Waals surface area contributed by atoms with Crippen molar-refractivity contribution in [3.8, 4) is 5.75 Å². The molecule has 0 aliphatic heterocycles. The van der Waals surface area contributed by atoms with E-state index in [1.54, 1.807) is 0 Å². The van der Waals surface area contributed by atoms with Crippen molar-refractivity contribution in [2.45, 2.75) is 26.7 Å². The average molecular weight is 177 g/mol. The lowest BCUT2D eigenvalue weighted by Crippen LogP contribution is -1.93. The summed E-state index contributed by atoms with van der Waals surface area (Å²) in [6.45, 7) is 8.82. The highest BCUT2D eigenvalue weighted by molar-refractivity contribution is 5.35. The molecule has 0 bridgehead atoms. The molecule has 1 nitrogen and oxygen atoms in total. The van der Waals surface area contributed by atoms with Crippen LogP contribution in [0.5, 0.6) is 5.75 Å². The van der Waals surface area contributed by atoms with Crippen LogP contribution in [0.4, 0.5) is 0 Å². The molecule has 0 atom stereocenters. The van der Waals surface area contributed by atoms with E-state index in [4.69, 9.17) is 4.74 Å². The van der Waals surface area contributed by atoms with Crippen molar-refractivity contribution < 1.29 is 4.74 Å². The fourth-order valence-corrected chi connectivity index (χ4v) is 1.41. The van der Waals surface area contributed by atoms with Crippen molar-refractivity contribution >= 4 is 0 Å². The summed E-state index contributed by atoms with van der Waals surface area (Å²) < 4.78 is 5.43. The van der Waals surface area contributed by atoms with Gasteiger partial charge in [-0.1, -0.05) is 19.4 Å². The monoisotopic (exact) mass is 177 g/mol. The van der Waals surface area contributed by atoms with Gasteiger partial charge in [0.15, 0.2) is 0 Å². The van der Waals surface area contributed by atoms with E-state index in [2.05, 4.69) is 26.0 Å². The van der Waals surface area contributed by atoms with E-state index in [1.807, 2.05) is 13.0 Å². The minimum absolute atomic E-state index is 0.717. The molecule has 0 saturated heterocycles. The molecule has 0 aromatic heterocycles. The van der Waals surface area contributed by atoms with E-state index in [-0.39, 0.29) is 0 Å². The summed E-state index contributed by atoms with van der Waals surface area (Å²) in [6.07, 6.45) is 2.26. The minimum Gasteiger partial charge on any atom is -0.494 e. The van der Waals surface area contributed by atoms with Crippen LogP contribution in [0.1, 0.15) is 31.4 Å². The first kappa shape index (κ1) is 10.1. The summed E-state index contributed by atoms with van der Waals surface area (Å²) >= 11 is 0. The summed E-state index contributed by atoms with van der Waals surface area (Å²) in [5, 5.41) is 0. The van der Waals surface area contributed by atoms with Crippen molar-refractivity contribution in [1.82, 2.24) is 0 Å². The third kappa shape index (κ3) is 3.10. The molecular weight excluding hydrogens is 160 g/mol. The Balaban J connectivity index is 2.83. The molecule has 0 amide bonds. The van der Waals surface area contributed by atoms with Gasteiger partial charge in [0.2, 0.25) is 0 Å². The summed E-state index contributed by atoms with van der Waals surface area (Å²) in [5.74, 6) is 0.943. The summed E-state index contributed by atoms with van der Waals surface area (Å²) in [5.41, 5.74) is 2.35. The SMILES string of the molecule is [CH2]c1cc(CCC)cc(OCC)c1. The number of aryl methyl sites for hydroxylation is 1. The van der Waals surface area contributed by atoms with Crippen LogP contribution in [0.25, 0.3) is 0 Å². The van der Waals surface area contributed by atoms with Crippen LogP contribution in [-0.4, -0.2) is 6.61 Å². The van der Waals surface area contributed by atoms with Gasteiger partial charge >= 0.3 is 0 Å². The topological polar surface area (TPSA) is 9.23 Å². The quantitative estimate of drug-likeness (QED) is 0.686. The Bertz CT molecular complexity index is 242. The van der Waals surface area contributed by atoms with Crippen molar-refractivity contribution in [2.24, 2.45) is 0 Å². The fraction of sp³-hybridized carbons (Fsp3) is 0.417. The largest absolute Gasteiger partial charge is 0.494 e. The molecule has 71 valence electrons. The van der Waals surface area contributed by atoms with E-state index in [0.29, 0.717) is 0 Å². The zero-order chi connectivity index (χ0) is 9.68. The molecule has 0 unspecified atom stereocenters. The Morgan fingerprint density at radius 3 is 2.62 bits per heavy atom. The lowest BCUT2D eigenvalue weighted by molar-refractivity contribution is 0.340. The molecule has 0 aliphatic carbocycles. The van der Waals surface area contributed by atoms with E-state index < -0.39 is 0 Å². The molecule has 0 fully saturated rings. The van der Waals surface area contributed by atoms with Gasteiger partial charge in [0, 0.05) is 0 Å². The molecule has 1 heteroatoms. The minimum atomic E-state index is 0.717. The smallest absolute Gasteiger partial charge is 0.119 e. The third-order valence-corrected chi connectivity index (χ3v) is 1.88. The van der Waals surface area contributed by atoms with E-state index in [9.17, 15) is 0 Å². The number of ether oxygens (including phenoxy) is 1. The average Bonchev–Trinajstić information content (AvgIpc) is 2.04. The molecule has 1 aromatic carbocycles. The fourth-order valence-electron chi connectivity index (χ4n) is 1.41. The first-order chi connectivity index (χ1) is 6.26. The second-order valence-electron chi connectivity index (χ2n) is 3.17. The molecule has 0 heterocycles. The Morgan fingerprint density at radius 2 is 2.00 bits per heavy atom. The predicted octanol–water partition coefficient (Wildman–Crippen LogP) is 3.22. The highest BCUT2D eigenvalue weighted by Gasteiger charge is 1.97. The van der Waals surface area contributed by atoms with Crippen LogP contribution in [0.2, 0.25) is 0 Å². The maximum Gasteiger partial charge on any atom is 0.119 e. The van der Waals surface area contributed by atoms with Gasteiger partial charge in [0.25, 0.3) is 0 Å². The van der Waals surface area contributed by atoms with Crippen LogP contribution in [0.15, 0.2) is 18.2 Å². The Hall–Kier alpha value is -0.980. The van der Waals surface area contributed by atoms with Gasteiger partial charge in [0.1, 0.15) is 5.75 Å². The van der Waals surface area contributed by atoms with Gasteiger partial charge in [-0.15, -0.1) is 0 Å². The summed E-state index contributed by atoms with van der Waals surface area (Å²) in [7, 11) is 0. The van der Waals surface area contributed by atoms with Gasteiger partial charge < -0.3 is 4.74 Å². The van der Waals surface area contributed by atoms with Gasteiger partial charge in [0.05, 0.1) is 6.61 Å². The van der Waals surface area contributed by atoms with Crippen molar-refractivity contribution in [2.75, 3.05) is 6.61 Å². The van der Waals surface area contributed by atoms with Crippen molar-refractivity contribution in [1.29, 1.82) is 0 Å². The maximum atomic E-state index is 5.43. The number of hydrogen-bond donors (Lipinski definition) is 0. The highest BCUT2D eigenvalue weighted by Crippen LogP contribution is 2.17. The van der Waals surface area contributed by atoms with Crippen LogP contribution in [-0.2, 0) is 6.42 Å². The molecule has 13 heavy (non-hydrogen) atoms. The Labute approximate surface area is 80.7 Å². The van der Waals surface area contributed by atoms with Crippen molar-refractivity contribution in [3.05, 3.63) is 36.2 Å². The van der Waals surface area contributed by atoms with Crippen LogP contribution >= 0.6 is 0 Å². The van der Waals surface area contributed by atoms with Crippen molar-refractivity contribution in [3.63, 3.8) is 0 Å². The summed E-state index contributed by atoms with van der Waals surface area (Å²) in [4.78, 5) is 0. The normalized spacial score (nSPS) is 10.1. The first-order valence-electron chi connectivity index (χ1n) is 4.85. The molecule has 0 aliphatic rings. The van der Waals surface area contributed by atoms with Crippen LogP contribution in [0.3, 0.4) is 0 Å². The predicted molar refractivity (Wildman–Crippen MR) is 56.1 cm³/mol. The standard InChI is InChI=1S/C12H17O/c1-4-6-11-7-10(3)8-12(9-11)13-5-2/h7-9H,3-6H2,1-2H3. The maximum absolute atomic E-state index is 5.43. The molecule has 1 radical (unpaired) electrons. The van der Waals surface area contributed by atoms with Gasteiger partial charge in [-0.05, 0) is 43.5 Å². The van der Waals surface area contributed by atoms with Crippen LogP contribution in [0, 0.1) is 6.92 Å². The molecule has 0 spiro atoms. The number of hydrogen-bond acceptors (Lipinski definition) is 1. The van der Waals surface area contributed by atoms with E-state index in [1.165, 1.54) is 5.56 Å². The first-order valence-corrected chi connectivity index (χ1v) is 4.85. The van der Waals surface area contributed by atoms with E-state index in [0.717, 1.165) is 30.8 Å². The summed E-state index contributed by atoms with van der Waals surface area (Å²) in [6, 6.07) is 6.19. The zero-order valence-corrected chi connectivity index (χ0v) is 8.47. The zero-order valence-electron chi connectivity index (χ0n) is 8.47. The number of rotatable bonds is 4. The Kier molecular flexibility index (Phi) is 3.81. The van der Waals surface area contributed by atoms with E-state index >= 15 is 0 Å². The molecule has 1 rings (SSSR count). The molecule has 0 saturated carbocycles. The lowest BCUT2D eigenvalue weighted by atomic mass is 10.1.